The molecule has 0 saturated carbocycles. The number of hydrogen-bond donors (Lipinski definition) is 0. The first-order chi connectivity index (χ1) is 7.16. The molecule has 1 aliphatic rings. The van der Waals surface area contributed by atoms with Crippen molar-refractivity contribution in [2.45, 2.75) is 32.4 Å². The summed E-state index contributed by atoms with van der Waals surface area (Å²) in [5, 5.41) is 14.8. The molecule has 0 N–H and O–H groups in total. The van der Waals surface area contributed by atoms with Crippen LogP contribution in [-0.4, -0.2) is 27.4 Å². The highest BCUT2D eigenvalue weighted by Crippen LogP contribution is 2.18. The Kier molecular flexibility index (Phi) is 2.68. The van der Waals surface area contributed by atoms with Crippen molar-refractivity contribution in [2.75, 3.05) is 6.61 Å². The van der Waals surface area contributed by atoms with Gasteiger partial charge in [-0.3, -0.25) is 0 Å². The molecule has 1 fully saturated rings. The molecule has 0 aromatic carbocycles. The molecule has 0 amide bonds. The third kappa shape index (κ3) is 2.15. The standard InChI is InChI=1S/C9H13N3O3/c1-7-5-9(12(13)14)11(10-7)6-8-3-2-4-15-8/h5,8H,2-4,6H2,1H3/t8-/m1/s1. The molecule has 0 bridgehead atoms. The summed E-state index contributed by atoms with van der Waals surface area (Å²) in [5.74, 6) is 0.0444. The first-order valence-electron chi connectivity index (χ1n) is 4.97. The van der Waals surface area contributed by atoms with Gasteiger partial charge >= 0.3 is 5.82 Å². The van der Waals surface area contributed by atoms with Crippen LogP contribution in [0.3, 0.4) is 0 Å². The molecule has 1 aliphatic heterocycles. The first-order valence-corrected chi connectivity index (χ1v) is 4.97. The second-order valence-corrected chi connectivity index (χ2v) is 3.72. The van der Waals surface area contributed by atoms with E-state index in [1.165, 1.54) is 10.7 Å². The molecule has 6 heteroatoms. The van der Waals surface area contributed by atoms with Gasteiger partial charge in [0.2, 0.25) is 0 Å². The van der Waals surface area contributed by atoms with Crippen molar-refractivity contribution in [3.63, 3.8) is 0 Å². The van der Waals surface area contributed by atoms with Crippen molar-refractivity contribution in [1.29, 1.82) is 0 Å². The lowest BCUT2D eigenvalue weighted by molar-refractivity contribution is -0.392. The van der Waals surface area contributed by atoms with E-state index in [9.17, 15) is 10.1 Å². The lowest BCUT2D eigenvalue weighted by Gasteiger charge is -2.05. The highest BCUT2D eigenvalue weighted by molar-refractivity contribution is 5.22. The fourth-order valence-corrected chi connectivity index (χ4v) is 1.79. The molecule has 0 spiro atoms. The molecule has 1 aromatic rings. The van der Waals surface area contributed by atoms with E-state index < -0.39 is 4.92 Å². The fourth-order valence-electron chi connectivity index (χ4n) is 1.79. The Morgan fingerprint density at radius 2 is 2.60 bits per heavy atom. The van der Waals surface area contributed by atoms with Gasteiger partial charge in [-0.1, -0.05) is 5.10 Å². The summed E-state index contributed by atoms with van der Waals surface area (Å²) < 4.78 is 6.84. The minimum atomic E-state index is -0.408. The number of aromatic nitrogens is 2. The van der Waals surface area contributed by atoms with E-state index in [2.05, 4.69) is 5.10 Å². The minimum Gasteiger partial charge on any atom is -0.374 e. The Hall–Kier alpha value is -1.43. The summed E-state index contributed by atoms with van der Waals surface area (Å²) in [6.07, 6.45) is 2.05. The van der Waals surface area contributed by atoms with Crippen molar-refractivity contribution >= 4 is 5.82 Å². The van der Waals surface area contributed by atoms with Crippen LogP contribution in [0.5, 0.6) is 0 Å². The lowest BCUT2D eigenvalue weighted by atomic mass is 10.2. The van der Waals surface area contributed by atoms with Gasteiger partial charge in [0.05, 0.1) is 17.9 Å². The number of hydrogen-bond acceptors (Lipinski definition) is 4. The summed E-state index contributed by atoms with van der Waals surface area (Å²) >= 11 is 0. The molecule has 6 nitrogen and oxygen atoms in total. The van der Waals surface area contributed by atoms with Crippen molar-refractivity contribution in [3.8, 4) is 0 Å². The third-order valence-corrected chi connectivity index (χ3v) is 2.47. The SMILES string of the molecule is Cc1cc([N+](=O)[O-])n(C[C@H]2CCCO2)n1. The summed E-state index contributed by atoms with van der Waals surface area (Å²) in [7, 11) is 0. The van der Waals surface area contributed by atoms with Crippen molar-refractivity contribution in [1.82, 2.24) is 9.78 Å². The van der Waals surface area contributed by atoms with Crippen LogP contribution in [0.4, 0.5) is 5.82 Å². The normalized spacial score (nSPS) is 20.7. The summed E-state index contributed by atoms with van der Waals surface area (Å²) in [5.41, 5.74) is 0.666. The average molecular weight is 211 g/mol. The molecule has 1 aromatic heterocycles. The van der Waals surface area contributed by atoms with Gasteiger partial charge in [-0.2, -0.15) is 0 Å². The number of aryl methyl sites for hydroxylation is 1. The molecule has 82 valence electrons. The Morgan fingerprint density at radius 1 is 1.80 bits per heavy atom. The molecular formula is C9H13N3O3. The number of ether oxygens (including phenoxy) is 1. The van der Waals surface area contributed by atoms with Crippen molar-refractivity contribution in [3.05, 3.63) is 21.9 Å². The van der Waals surface area contributed by atoms with Gasteiger partial charge in [-0.05, 0) is 24.7 Å². The third-order valence-electron chi connectivity index (χ3n) is 2.47. The summed E-state index contributed by atoms with van der Waals surface area (Å²) in [6, 6.07) is 1.48. The fraction of sp³-hybridized carbons (Fsp3) is 0.667. The Bertz CT molecular complexity index is 369. The van der Waals surface area contributed by atoms with E-state index in [-0.39, 0.29) is 11.9 Å². The van der Waals surface area contributed by atoms with Gasteiger partial charge in [0.1, 0.15) is 6.54 Å². The Balaban J connectivity index is 2.15. The van der Waals surface area contributed by atoms with Gasteiger partial charge < -0.3 is 14.9 Å². The number of nitro groups is 1. The maximum Gasteiger partial charge on any atom is 0.345 e. The first kappa shape index (κ1) is 10.1. The van der Waals surface area contributed by atoms with Crippen LogP contribution in [0, 0.1) is 17.0 Å². The van der Waals surface area contributed by atoms with E-state index in [0.29, 0.717) is 12.2 Å². The molecule has 1 saturated heterocycles. The molecule has 0 radical (unpaired) electrons. The second-order valence-electron chi connectivity index (χ2n) is 3.72. The molecular weight excluding hydrogens is 198 g/mol. The van der Waals surface area contributed by atoms with Gasteiger partial charge in [-0.25, -0.2) is 0 Å². The van der Waals surface area contributed by atoms with E-state index in [1.54, 1.807) is 6.92 Å². The molecule has 2 rings (SSSR count). The van der Waals surface area contributed by atoms with Gasteiger partial charge in [0, 0.05) is 6.61 Å². The monoisotopic (exact) mass is 211 g/mol. The zero-order valence-electron chi connectivity index (χ0n) is 8.55. The molecule has 0 aliphatic carbocycles. The predicted octanol–water partition coefficient (Wildman–Crippen LogP) is 1.28. The van der Waals surface area contributed by atoms with Gasteiger partial charge in [0.15, 0.2) is 0 Å². The second kappa shape index (κ2) is 3.98. The maximum absolute atomic E-state index is 10.7. The predicted molar refractivity (Wildman–Crippen MR) is 52.6 cm³/mol. The molecule has 0 unspecified atom stereocenters. The largest absolute Gasteiger partial charge is 0.374 e. The van der Waals surface area contributed by atoms with Gasteiger partial charge in [-0.15, -0.1) is 4.68 Å². The van der Waals surface area contributed by atoms with Gasteiger partial charge in [0.25, 0.3) is 0 Å². The van der Waals surface area contributed by atoms with Crippen LogP contribution in [0.15, 0.2) is 6.07 Å². The summed E-state index contributed by atoms with van der Waals surface area (Å²) in [4.78, 5) is 10.3. The zero-order chi connectivity index (χ0) is 10.8. The molecule has 2 heterocycles. The van der Waals surface area contributed by atoms with E-state index in [1.807, 2.05) is 0 Å². The smallest absolute Gasteiger partial charge is 0.345 e. The minimum absolute atomic E-state index is 0.0444. The zero-order valence-corrected chi connectivity index (χ0v) is 8.55. The van der Waals surface area contributed by atoms with E-state index >= 15 is 0 Å². The highest BCUT2D eigenvalue weighted by atomic mass is 16.6. The van der Waals surface area contributed by atoms with Crippen molar-refractivity contribution in [2.24, 2.45) is 0 Å². The van der Waals surface area contributed by atoms with E-state index in [0.717, 1.165) is 19.4 Å². The number of rotatable bonds is 3. The topological polar surface area (TPSA) is 70.2 Å². The summed E-state index contributed by atoms with van der Waals surface area (Å²) in [6.45, 7) is 2.97. The van der Waals surface area contributed by atoms with Crippen LogP contribution in [0.2, 0.25) is 0 Å². The van der Waals surface area contributed by atoms with Crippen LogP contribution in [0.25, 0.3) is 0 Å². The van der Waals surface area contributed by atoms with Crippen LogP contribution in [0.1, 0.15) is 18.5 Å². The van der Waals surface area contributed by atoms with E-state index in [4.69, 9.17) is 4.74 Å². The highest BCUT2D eigenvalue weighted by Gasteiger charge is 2.23. The Morgan fingerprint density at radius 3 is 3.20 bits per heavy atom. The van der Waals surface area contributed by atoms with Crippen molar-refractivity contribution < 1.29 is 9.66 Å². The number of nitrogens with zero attached hydrogens (tertiary/aromatic N) is 3. The molecule has 15 heavy (non-hydrogen) atoms. The van der Waals surface area contributed by atoms with Crippen LogP contribution in [-0.2, 0) is 11.3 Å². The van der Waals surface area contributed by atoms with Crippen LogP contribution < -0.4 is 0 Å². The average Bonchev–Trinajstić information content (AvgIpc) is 2.75. The Labute approximate surface area is 87.0 Å². The van der Waals surface area contributed by atoms with Crippen LogP contribution >= 0.6 is 0 Å². The maximum atomic E-state index is 10.7. The quantitative estimate of drug-likeness (QED) is 0.557. The lowest BCUT2D eigenvalue weighted by Crippen LogP contribution is -2.17. The molecule has 1 atom stereocenters.